The summed E-state index contributed by atoms with van der Waals surface area (Å²) in [6.45, 7) is 0.506. The average Bonchev–Trinajstić information content (AvgIpc) is 2.96. The molecule has 0 aliphatic carbocycles. The number of rotatable bonds is 12. The predicted octanol–water partition coefficient (Wildman–Crippen LogP) is 5.72. The SMILES string of the molecule is O=C(NCCc1ccccc1)[C@H](Cc1ccccc1)N(Cc1ccccc1)C(=O)COc1ccccc1Cl. The molecular weight excluding hydrogens is 496 g/mol. The van der Waals surface area contributed by atoms with Crippen molar-refractivity contribution in [3.8, 4) is 5.75 Å². The van der Waals surface area contributed by atoms with E-state index >= 15 is 0 Å². The molecule has 2 amide bonds. The lowest BCUT2D eigenvalue weighted by Gasteiger charge is -2.31. The van der Waals surface area contributed by atoms with E-state index < -0.39 is 6.04 Å². The Hall–Kier alpha value is -4.09. The molecule has 4 aromatic rings. The maximum atomic E-state index is 13.6. The molecule has 0 fully saturated rings. The number of carbonyl (C=O) groups is 2. The molecule has 0 bridgehead atoms. The number of benzene rings is 4. The first kappa shape index (κ1) is 27.0. The molecule has 38 heavy (non-hydrogen) atoms. The van der Waals surface area contributed by atoms with Gasteiger partial charge in [-0.1, -0.05) is 115 Å². The monoisotopic (exact) mass is 526 g/mol. The Kier molecular flexibility index (Phi) is 9.94. The second kappa shape index (κ2) is 14.0. The molecule has 5 nitrogen and oxygen atoms in total. The topological polar surface area (TPSA) is 58.6 Å². The summed E-state index contributed by atoms with van der Waals surface area (Å²) in [7, 11) is 0. The van der Waals surface area contributed by atoms with E-state index in [0.29, 0.717) is 30.2 Å². The first-order chi connectivity index (χ1) is 18.6. The lowest BCUT2D eigenvalue weighted by Crippen LogP contribution is -2.52. The van der Waals surface area contributed by atoms with Gasteiger partial charge in [-0.15, -0.1) is 0 Å². The Balaban J connectivity index is 1.56. The molecule has 0 radical (unpaired) electrons. The molecule has 0 heterocycles. The van der Waals surface area contributed by atoms with Crippen LogP contribution in [0.1, 0.15) is 16.7 Å². The Morgan fingerprint density at radius 1 is 0.737 bits per heavy atom. The number of amides is 2. The van der Waals surface area contributed by atoms with Gasteiger partial charge in [0.2, 0.25) is 5.91 Å². The fourth-order valence-corrected chi connectivity index (χ4v) is 4.40. The normalized spacial score (nSPS) is 11.4. The van der Waals surface area contributed by atoms with Crippen molar-refractivity contribution in [1.29, 1.82) is 0 Å². The highest BCUT2D eigenvalue weighted by Crippen LogP contribution is 2.23. The Bertz CT molecular complexity index is 1300. The van der Waals surface area contributed by atoms with Gasteiger partial charge in [0, 0.05) is 19.5 Å². The van der Waals surface area contributed by atoms with Gasteiger partial charge in [0.1, 0.15) is 11.8 Å². The molecule has 4 rings (SSSR count). The molecule has 0 saturated heterocycles. The van der Waals surface area contributed by atoms with Gasteiger partial charge in [-0.25, -0.2) is 0 Å². The average molecular weight is 527 g/mol. The van der Waals surface area contributed by atoms with E-state index in [4.69, 9.17) is 16.3 Å². The van der Waals surface area contributed by atoms with Crippen molar-refractivity contribution in [2.24, 2.45) is 0 Å². The molecule has 1 atom stereocenters. The van der Waals surface area contributed by atoms with Crippen LogP contribution in [-0.2, 0) is 29.0 Å². The lowest BCUT2D eigenvalue weighted by atomic mass is 10.0. The summed E-state index contributed by atoms with van der Waals surface area (Å²) in [6.07, 6.45) is 1.08. The number of hydrogen-bond donors (Lipinski definition) is 1. The van der Waals surface area contributed by atoms with Gasteiger partial charge >= 0.3 is 0 Å². The number of nitrogens with one attached hydrogen (secondary N) is 1. The quantitative estimate of drug-likeness (QED) is 0.257. The first-order valence-electron chi connectivity index (χ1n) is 12.7. The number of carbonyl (C=O) groups excluding carboxylic acids is 2. The molecular formula is C32H31ClN2O3. The minimum absolute atomic E-state index is 0.202. The van der Waals surface area contributed by atoms with Crippen molar-refractivity contribution in [2.75, 3.05) is 13.2 Å². The summed E-state index contributed by atoms with van der Waals surface area (Å²) >= 11 is 6.23. The third kappa shape index (κ3) is 7.95. The minimum Gasteiger partial charge on any atom is -0.482 e. The minimum atomic E-state index is -0.726. The van der Waals surface area contributed by atoms with E-state index in [2.05, 4.69) is 5.32 Å². The summed E-state index contributed by atoms with van der Waals surface area (Å²) < 4.78 is 5.78. The van der Waals surface area contributed by atoms with E-state index in [-0.39, 0.29) is 25.0 Å². The van der Waals surface area contributed by atoms with Crippen molar-refractivity contribution in [2.45, 2.75) is 25.4 Å². The van der Waals surface area contributed by atoms with Gasteiger partial charge < -0.3 is 15.0 Å². The third-order valence-electron chi connectivity index (χ3n) is 6.21. The maximum Gasteiger partial charge on any atom is 0.261 e. The molecule has 1 N–H and O–H groups in total. The van der Waals surface area contributed by atoms with Crippen molar-refractivity contribution in [3.05, 3.63) is 137 Å². The van der Waals surface area contributed by atoms with Crippen molar-refractivity contribution in [1.82, 2.24) is 10.2 Å². The Labute approximate surface area is 229 Å². The summed E-state index contributed by atoms with van der Waals surface area (Å²) in [4.78, 5) is 28.9. The molecule has 0 aliphatic heterocycles. The van der Waals surface area contributed by atoms with Crippen LogP contribution in [0.15, 0.2) is 115 Å². The van der Waals surface area contributed by atoms with E-state index in [9.17, 15) is 9.59 Å². The van der Waals surface area contributed by atoms with Crippen LogP contribution in [0.3, 0.4) is 0 Å². The third-order valence-corrected chi connectivity index (χ3v) is 6.52. The van der Waals surface area contributed by atoms with Gasteiger partial charge in [-0.05, 0) is 35.2 Å². The fourth-order valence-electron chi connectivity index (χ4n) is 4.21. The molecule has 194 valence electrons. The standard InChI is InChI=1S/C32H31ClN2O3/c33-28-18-10-11-19-30(28)38-24-31(36)35(23-27-16-8-3-9-17-27)29(22-26-14-6-2-7-15-26)32(37)34-21-20-25-12-4-1-5-13-25/h1-19,29H,20-24H2,(H,34,37)/t29-/m0/s1. The van der Waals surface area contributed by atoms with Crippen molar-refractivity contribution >= 4 is 23.4 Å². The predicted molar refractivity (Wildman–Crippen MR) is 151 cm³/mol. The smallest absolute Gasteiger partial charge is 0.261 e. The molecule has 0 unspecified atom stereocenters. The molecule has 4 aromatic carbocycles. The maximum absolute atomic E-state index is 13.6. The Morgan fingerprint density at radius 2 is 1.29 bits per heavy atom. The van der Waals surface area contributed by atoms with Crippen LogP contribution < -0.4 is 10.1 Å². The zero-order valence-corrected chi connectivity index (χ0v) is 21.9. The largest absolute Gasteiger partial charge is 0.482 e. The van der Waals surface area contributed by atoms with Crippen LogP contribution in [0.5, 0.6) is 5.75 Å². The van der Waals surface area contributed by atoms with E-state index in [1.165, 1.54) is 0 Å². The van der Waals surface area contributed by atoms with E-state index in [1.807, 2.05) is 91.0 Å². The number of hydrogen-bond acceptors (Lipinski definition) is 3. The molecule has 6 heteroatoms. The number of para-hydroxylation sites is 1. The molecule has 0 spiro atoms. The molecule has 0 saturated carbocycles. The van der Waals surface area contributed by atoms with Crippen LogP contribution in [0.25, 0.3) is 0 Å². The fraction of sp³-hybridized carbons (Fsp3) is 0.188. The van der Waals surface area contributed by atoms with E-state index in [0.717, 1.165) is 16.7 Å². The summed E-state index contributed by atoms with van der Waals surface area (Å²) in [5, 5.41) is 3.49. The van der Waals surface area contributed by atoms with Crippen LogP contribution in [0.4, 0.5) is 0 Å². The second-order valence-electron chi connectivity index (χ2n) is 8.96. The van der Waals surface area contributed by atoms with Crippen LogP contribution in [0.2, 0.25) is 5.02 Å². The summed E-state index contributed by atoms with van der Waals surface area (Å²) in [6, 6.07) is 35.7. The highest BCUT2D eigenvalue weighted by Gasteiger charge is 2.30. The van der Waals surface area contributed by atoms with E-state index in [1.54, 1.807) is 29.2 Å². The zero-order valence-electron chi connectivity index (χ0n) is 21.1. The lowest BCUT2D eigenvalue weighted by molar-refractivity contribution is -0.142. The van der Waals surface area contributed by atoms with Gasteiger partial charge in [0.15, 0.2) is 6.61 Å². The van der Waals surface area contributed by atoms with Crippen LogP contribution in [0, 0.1) is 0 Å². The number of ether oxygens (including phenoxy) is 1. The van der Waals surface area contributed by atoms with Gasteiger partial charge in [-0.3, -0.25) is 9.59 Å². The second-order valence-corrected chi connectivity index (χ2v) is 9.37. The van der Waals surface area contributed by atoms with Crippen molar-refractivity contribution < 1.29 is 14.3 Å². The van der Waals surface area contributed by atoms with Gasteiger partial charge in [-0.2, -0.15) is 0 Å². The highest BCUT2D eigenvalue weighted by molar-refractivity contribution is 6.32. The van der Waals surface area contributed by atoms with Crippen LogP contribution >= 0.6 is 11.6 Å². The summed E-state index contributed by atoms with van der Waals surface area (Å²) in [5.74, 6) is -0.0752. The summed E-state index contributed by atoms with van der Waals surface area (Å²) in [5.41, 5.74) is 3.03. The first-order valence-corrected chi connectivity index (χ1v) is 13.0. The molecule has 0 aromatic heterocycles. The van der Waals surface area contributed by atoms with Crippen molar-refractivity contribution in [3.63, 3.8) is 0 Å². The van der Waals surface area contributed by atoms with Crippen LogP contribution in [-0.4, -0.2) is 35.9 Å². The number of nitrogens with zero attached hydrogens (tertiary/aromatic N) is 1. The Morgan fingerprint density at radius 3 is 1.92 bits per heavy atom. The zero-order chi connectivity index (χ0) is 26.6. The van der Waals surface area contributed by atoms with Gasteiger partial charge in [0.05, 0.1) is 5.02 Å². The van der Waals surface area contributed by atoms with Gasteiger partial charge in [0.25, 0.3) is 5.91 Å². The molecule has 0 aliphatic rings. The number of halogens is 1. The highest BCUT2D eigenvalue weighted by atomic mass is 35.5.